The van der Waals surface area contributed by atoms with Gasteiger partial charge in [0.2, 0.25) is 0 Å². The van der Waals surface area contributed by atoms with Crippen molar-refractivity contribution in [2.24, 2.45) is 0 Å². The van der Waals surface area contributed by atoms with Crippen LogP contribution in [-0.2, 0) is 11.3 Å². The molecule has 1 fully saturated rings. The van der Waals surface area contributed by atoms with Gasteiger partial charge in [-0.25, -0.2) is 24.1 Å². The lowest BCUT2D eigenvalue weighted by molar-refractivity contribution is 0.138. The van der Waals surface area contributed by atoms with Crippen LogP contribution >= 0.6 is 0 Å². The third-order valence-corrected chi connectivity index (χ3v) is 6.01. The summed E-state index contributed by atoms with van der Waals surface area (Å²) >= 11 is 0. The minimum atomic E-state index is -0.560. The van der Waals surface area contributed by atoms with Gasteiger partial charge in [-0.05, 0) is 49.4 Å². The third-order valence-electron chi connectivity index (χ3n) is 6.01. The quantitative estimate of drug-likeness (QED) is 0.405. The maximum atomic E-state index is 14.3. The van der Waals surface area contributed by atoms with E-state index in [1.54, 1.807) is 13.3 Å². The van der Waals surface area contributed by atoms with Crippen LogP contribution < -0.4 is 10.2 Å². The van der Waals surface area contributed by atoms with E-state index in [2.05, 4.69) is 42.0 Å². The normalized spacial score (nSPS) is 15.8. The Kier molecular flexibility index (Phi) is 6.76. The summed E-state index contributed by atoms with van der Waals surface area (Å²) in [5.41, 5.74) is 3.56. The van der Waals surface area contributed by atoms with Crippen LogP contribution in [0.4, 0.5) is 15.0 Å². The molecule has 0 radical (unpaired) electrons. The molecule has 1 aliphatic rings. The lowest BCUT2D eigenvalue weighted by Gasteiger charge is -2.26. The summed E-state index contributed by atoms with van der Waals surface area (Å²) in [6, 6.07) is 14.1. The Labute approximate surface area is 207 Å². The molecule has 36 heavy (non-hydrogen) atoms. The van der Waals surface area contributed by atoms with Crippen molar-refractivity contribution in [2.45, 2.75) is 38.5 Å². The molecule has 0 unspecified atom stereocenters. The molecule has 3 aromatic heterocycles. The third kappa shape index (κ3) is 5.28. The van der Waals surface area contributed by atoms with Gasteiger partial charge in [-0.2, -0.15) is 0 Å². The minimum Gasteiger partial charge on any atom is -0.445 e. The molecule has 0 bridgehead atoms. The van der Waals surface area contributed by atoms with Crippen LogP contribution in [-0.4, -0.2) is 38.6 Å². The van der Waals surface area contributed by atoms with Crippen LogP contribution in [0, 0.1) is 17.7 Å². The summed E-state index contributed by atoms with van der Waals surface area (Å²) in [4.78, 5) is 30.5. The minimum absolute atomic E-state index is 0.121. The van der Waals surface area contributed by atoms with Gasteiger partial charge in [-0.15, -0.1) is 0 Å². The highest BCUT2D eigenvalue weighted by Gasteiger charge is 2.30. The highest BCUT2D eigenvalue weighted by Crippen LogP contribution is 2.36. The number of imidazole rings is 1. The van der Waals surface area contributed by atoms with E-state index >= 15 is 0 Å². The van der Waals surface area contributed by atoms with Crippen LogP contribution in [0.3, 0.4) is 0 Å². The van der Waals surface area contributed by atoms with Crippen LogP contribution in [0.15, 0.2) is 61.1 Å². The average Bonchev–Trinajstić information content (AvgIpc) is 3.56. The summed E-state index contributed by atoms with van der Waals surface area (Å²) in [5.74, 6) is 6.39. The number of carbonyl (C=O) groups is 1. The first kappa shape index (κ1) is 23.3. The van der Waals surface area contributed by atoms with Crippen molar-refractivity contribution < 1.29 is 13.9 Å². The summed E-state index contributed by atoms with van der Waals surface area (Å²) in [6.07, 6.45) is 3.97. The van der Waals surface area contributed by atoms with Gasteiger partial charge in [-0.3, -0.25) is 0 Å². The van der Waals surface area contributed by atoms with Crippen LogP contribution in [0.25, 0.3) is 11.2 Å². The number of alkyl carbamates (subject to hydrolysis) is 1. The molecular formula is C27H25FN6O2. The van der Waals surface area contributed by atoms with E-state index in [0.29, 0.717) is 16.9 Å². The highest BCUT2D eigenvalue weighted by atomic mass is 19.1. The van der Waals surface area contributed by atoms with Crippen molar-refractivity contribution >= 4 is 23.1 Å². The van der Waals surface area contributed by atoms with E-state index in [9.17, 15) is 9.18 Å². The summed E-state index contributed by atoms with van der Waals surface area (Å²) in [7, 11) is 0. The molecule has 2 N–H and O–H groups in total. The monoisotopic (exact) mass is 484 g/mol. The van der Waals surface area contributed by atoms with Gasteiger partial charge >= 0.3 is 6.09 Å². The second-order valence-corrected chi connectivity index (χ2v) is 8.58. The van der Waals surface area contributed by atoms with E-state index in [1.807, 2.05) is 42.5 Å². The van der Waals surface area contributed by atoms with Gasteiger partial charge in [0, 0.05) is 12.1 Å². The molecule has 9 heteroatoms. The van der Waals surface area contributed by atoms with Gasteiger partial charge in [-0.1, -0.05) is 36.3 Å². The Bertz CT molecular complexity index is 1430. The Morgan fingerprint density at radius 1 is 1.28 bits per heavy atom. The number of amides is 1. The second-order valence-electron chi connectivity index (χ2n) is 8.58. The summed E-state index contributed by atoms with van der Waals surface area (Å²) < 4.78 is 19.5. The maximum Gasteiger partial charge on any atom is 0.408 e. The fourth-order valence-electron chi connectivity index (χ4n) is 4.31. The molecule has 1 amide bonds. The molecule has 0 aliphatic carbocycles. The van der Waals surface area contributed by atoms with Gasteiger partial charge in [0.05, 0.1) is 24.6 Å². The largest absolute Gasteiger partial charge is 0.445 e. The molecule has 4 heterocycles. The molecular weight excluding hydrogens is 459 g/mol. The number of nitrogens with one attached hydrogen (secondary N) is 2. The number of nitrogens with zero attached hydrogens (tertiary/aromatic N) is 4. The van der Waals surface area contributed by atoms with Gasteiger partial charge in [0.25, 0.3) is 0 Å². The topological polar surface area (TPSA) is 96.0 Å². The zero-order chi connectivity index (χ0) is 24.9. The first-order chi connectivity index (χ1) is 17.6. The number of benzene rings is 1. The van der Waals surface area contributed by atoms with Crippen molar-refractivity contribution in [3.8, 4) is 11.8 Å². The number of pyridine rings is 2. The van der Waals surface area contributed by atoms with E-state index in [4.69, 9.17) is 4.74 Å². The van der Waals surface area contributed by atoms with Crippen molar-refractivity contribution in [3.63, 3.8) is 0 Å². The molecule has 2 atom stereocenters. The molecule has 182 valence electrons. The van der Waals surface area contributed by atoms with Crippen molar-refractivity contribution in [1.29, 1.82) is 0 Å². The van der Waals surface area contributed by atoms with Crippen LogP contribution in [0.5, 0.6) is 0 Å². The molecule has 1 aromatic carbocycles. The Morgan fingerprint density at radius 2 is 2.14 bits per heavy atom. The molecule has 1 aliphatic heterocycles. The molecule has 1 saturated heterocycles. The van der Waals surface area contributed by atoms with E-state index in [-0.39, 0.29) is 12.6 Å². The van der Waals surface area contributed by atoms with E-state index in [1.165, 1.54) is 6.07 Å². The van der Waals surface area contributed by atoms with Crippen molar-refractivity contribution in [2.75, 3.05) is 11.4 Å². The number of aromatic amines is 1. The predicted molar refractivity (Wildman–Crippen MR) is 134 cm³/mol. The molecule has 4 aromatic rings. The number of hydrogen-bond donors (Lipinski definition) is 2. The Balaban J connectivity index is 1.31. The summed E-state index contributed by atoms with van der Waals surface area (Å²) in [5, 5.41) is 2.70. The fourth-order valence-corrected chi connectivity index (χ4v) is 4.31. The van der Waals surface area contributed by atoms with Crippen molar-refractivity contribution in [3.05, 3.63) is 83.7 Å². The number of H-pyrrole nitrogens is 1. The molecule has 5 rings (SSSR count). The molecule has 0 saturated carbocycles. The number of ether oxygens (including phenoxy) is 1. The first-order valence-electron chi connectivity index (χ1n) is 11.8. The smallest absolute Gasteiger partial charge is 0.408 e. The average molecular weight is 485 g/mol. The summed E-state index contributed by atoms with van der Waals surface area (Å²) in [6.45, 7) is 2.71. The fraction of sp³-hybridized carbons (Fsp3) is 0.259. The van der Waals surface area contributed by atoms with Crippen LogP contribution in [0.2, 0.25) is 0 Å². The Morgan fingerprint density at radius 3 is 3.00 bits per heavy atom. The first-order valence-corrected chi connectivity index (χ1v) is 11.8. The van der Waals surface area contributed by atoms with Gasteiger partial charge in [0.15, 0.2) is 5.65 Å². The SMILES string of the molecule is C[C@H](C#Cc1ncc(F)cc1[C@H]1CCCN1c1ccc2nc[nH]c2n1)NC(=O)OCc1ccccc1. The standard InChI is InChI=1S/C27H25FN6O2/c1-18(32-27(35)36-16-19-6-3-2-4-7-19)9-10-22-21(14-20(28)15-29-22)24-8-5-13-34(24)25-12-11-23-26(33-25)31-17-30-23/h2-4,6-7,11-12,14-15,17-18,24H,5,8,13,16H2,1H3,(H,32,35)(H,30,31,33)/t18-,24-/m1/s1. The number of hydrogen-bond acceptors (Lipinski definition) is 6. The molecule has 0 spiro atoms. The van der Waals surface area contributed by atoms with E-state index in [0.717, 1.165) is 42.5 Å². The lowest BCUT2D eigenvalue weighted by Crippen LogP contribution is -2.32. The maximum absolute atomic E-state index is 14.3. The number of anilines is 1. The van der Waals surface area contributed by atoms with Crippen LogP contribution in [0.1, 0.15) is 42.6 Å². The van der Waals surface area contributed by atoms with Crippen molar-refractivity contribution in [1.82, 2.24) is 25.3 Å². The number of fused-ring (bicyclic) bond motifs is 1. The van der Waals surface area contributed by atoms with Gasteiger partial charge in [0.1, 0.15) is 29.5 Å². The zero-order valence-corrected chi connectivity index (χ0v) is 19.7. The zero-order valence-electron chi connectivity index (χ0n) is 19.7. The number of halogens is 1. The number of rotatable bonds is 5. The Hall–Kier alpha value is -4.45. The highest BCUT2D eigenvalue weighted by molar-refractivity contribution is 5.72. The lowest BCUT2D eigenvalue weighted by atomic mass is 10.0. The van der Waals surface area contributed by atoms with E-state index < -0.39 is 18.0 Å². The number of aromatic nitrogens is 4. The van der Waals surface area contributed by atoms with Gasteiger partial charge < -0.3 is 19.9 Å². The number of carbonyl (C=O) groups excluding carboxylic acids is 1. The molecule has 8 nitrogen and oxygen atoms in total. The second kappa shape index (κ2) is 10.4. The predicted octanol–water partition coefficient (Wildman–Crippen LogP) is 4.50.